The van der Waals surface area contributed by atoms with E-state index in [0.717, 1.165) is 21.7 Å². The van der Waals surface area contributed by atoms with Gasteiger partial charge in [-0.25, -0.2) is 9.78 Å². The Morgan fingerprint density at radius 2 is 1.84 bits per heavy atom. The molecular weight excluding hydrogens is 422 g/mol. The SMILES string of the molecule is CCOC(=O)c1ccc(CN2CC(O)=C(c3nc(-c4ccc(C)cc4)c(C)s3)C2=N)cc1. The van der Waals surface area contributed by atoms with Crippen LogP contribution in [0.4, 0.5) is 0 Å². The highest BCUT2D eigenvalue weighted by atomic mass is 32.1. The van der Waals surface area contributed by atoms with Crippen molar-refractivity contribution in [1.82, 2.24) is 9.88 Å². The number of hydrogen-bond acceptors (Lipinski definition) is 6. The van der Waals surface area contributed by atoms with Gasteiger partial charge in [-0.05, 0) is 38.5 Å². The predicted molar refractivity (Wildman–Crippen MR) is 127 cm³/mol. The molecule has 2 aromatic carbocycles. The van der Waals surface area contributed by atoms with E-state index in [2.05, 4.69) is 12.1 Å². The molecule has 0 radical (unpaired) electrons. The van der Waals surface area contributed by atoms with E-state index >= 15 is 0 Å². The molecule has 4 rings (SSSR count). The molecule has 0 spiro atoms. The number of carbonyl (C=O) groups excluding carboxylic acids is 1. The molecule has 2 N–H and O–H groups in total. The Hall–Kier alpha value is -3.45. The van der Waals surface area contributed by atoms with Crippen molar-refractivity contribution in [2.45, 2.75) is 27.3 Å². The number of nitrogens with one attached hydrogen (secondary N) is 1. The first kappa shape index (κ1) is 21.8. The molecule has 0 saturated carbocycles. The Kier molecular flexibility index (Phi) is 6.10. The molecule has 1 aliphatic rings. The summed E-state index contributed by atoms with van der Waals surface area (Å²) in [5.41, 5.74) is 5.01. The third-order valence-corrected chi connectivity index (χ3v) is 6.34. The number of esters is 1. The number of aryl methyl sites for hydroxylation is 2. The number of ether oxygens (including phenoxy) is 1. The van der Waals surface area contributed by atoms with Gasteiger partial charge in [0.15, 0.2) is 0 Å². The van der Waals surface area contributed by atoms with Gasteiger partial charge < -0.3 is 14.7 Å². The third-order valence-electron chi connectivity index (χ3n) is 5.36. The van der Waals surface area contributed by atoms with E-state index in [1.807, 2.05) is 38.1 Å². The Bertz CT molecular complexity index is 1190. The lowest BCUT2D eigenvalue weighted by Crippen LogP contribution is -2.26. The van der Waals surface area contributed by atoms with E-state index in [1.165, 1.54) is 16.9 Å². The van der Waals surface area contributed by atoms with Gasteiger partial charge in [0.2, 0.25) is 0 Å². The zero-order chi connectivity index (χ0) is 22.8. The molecule has 0 saturated heterocycles. The lowest BCUT2D eigenvalue weighted by atomic mass is 10.1. The Morgan fingerprint density at radius 3 is 2.50 bits per heavy atom. The van der Waals surface area contributed by atoms with Crippen molar-refractivity contribution in [3.8, 4) is 11.3 Å². The Balaban J connectivity index is 1.51. The fraction of sp³-hybridized carbons (Fsp3) is 0.240. The number of aromatic nitrogens is 1. The van der Waals surface area contributed by atoms with Gasteiger partial charge in [-0.1, -0.05) is 42.0 Å². The average molecular weight is 448 g/mol. The minimum Gasteiger partial charge on any atom is -0.510 e. The van der Waals surface area contributed by atoms with Gasteiger partial charge in [-0.3, -0.25) is 5.41 Å². The number of rotatable bonds is 6. The summed E-state index contributed by atoms with van der Waals surface area (Å²) >= 11 is 1.49. The van der Waals surface area contributed by atoms with Crippen LogP contribution in [-0.4, -0.2) is 39.9 Å². The number of carbonyl (C=O) groups is 1. The van der Waals surface area contributed by atoms with E-state index in [9.17, 15) is 9.90 Å². The fourth-order valence-corrected chi connectivity index (χ4v) is 4.66. The molecule has 0 bridgehead atoms. The standard InChI is InChI=1S/C25H25N3O3S/c1-4-31-25(30)19-11-7-17(8-12-19)13-28-14-20(29)21(23(28)26)24-27-22(16(3)32-24)18-9-5-15(2)6-10-18/h5-12,26,29H,4,13-14H2,1-3H3. The van der Waals surface area contributed by atoms with Crippen LogP contribution in [0.5, 0.6) is 0 Å². The van der Waals surface area contributed by atoms with Crippen LogP contribution in [0.1, 0.15) is 38.3 Å². The molecule has 1 aromatic heterocycles. The first-order valence-electron chi connectivity index (χ1n) is 10.4. The summed E-state index contributed by atoms with van der Waals surface area (Å²) in [4.78, 5) is 19.4. The van der Waals surface area contributed by atoms with Crippen LogP contribution in [0.25, 0.3) is 16.8 Å². The quantitative estimate of drug-likeness (QED) is 0.497. The van der Waals surface area contributed by atoms with Gasteiger partial charge in [0, 0.05) is 17.0 Å². The van der Waals surface area contributed by atoms with Crippen molar-refractivity contribution in [3.05, 3.63) is 80.9 Å². The highest BCUT2D eigenvalue weighted by molar-refractivity contribution is 7.13. The topological polar surface area (TPSA) is 86.5 Å². The summed E-state index contributed by atoms with van der Waals surface area (Å²) in [5.74, 6) is 0.0570. The third kappa shape index (κ3) is 4.29. The van der Waals surface area contributed by atoms with Crippen LogP contribution in [0.2, 0.25) is 0 Å². The molecule has 0 unspecified atom stereocenters. The van der Waals surface area contributed by atoms with Crippen molar-refractivity contribution in [2.75, 3.05) is 13.2 Å². The number of thiazole rings is 1. The molecule has 0 atom stereocenters. The van der Waals surface area contributed by atoms with Crippen LogP contribution >= 0.6 is 11.3 Å². The Morgan fingerprint density at radius 1 is 1.16 bits per heavy atom. The molecule has 0 fully saturated rings. The first-order valence-corrected chi connectivity index (χ1v) is 11.3. The smallest absolute Gasteiger partial charge is 0.338 e. The summed E-state index contributed by atoms with van der Waals surface area (Å²) in [6.07, 6.45) is 0. The number of amidine groups is 1. The minimum absolute atomic E-state index is 0.155. The van der Waals surface area contributed by atoms with E-state index in [0.29, 0.717) is 29.3 Å². The monoisotopic (exact) mass is 447 g/mol. The van der Waals surface area contributed by atoms with Gasteiger partial charge >= 0.3 is 5.97 Å². The minimum atomic E-state index is -0.349. The molecule has 2 heterocycles. The number of aliphatic hydroxyl groups is 1. The summed E-state index contributed by atoms with van der Waals surface area (Å²) in [7, 11) is 0. The maximum Gasteiger partial charge on any atom is 0.338 e. The van der Waals surface area contributed by atoms with Crippen molar-refractivity contribution < 1.29 is 14.6 Å². The van der Waals surface area contributed by atoms with Crippen LogP contribution < -0.4 is 0 Å². The lowest BCUT2D eigenvalue weighted by molar-refractivity contribution is 0.0526. The van der Waals surface area contributed by atoms with Gasteiger partial charge in [-0.15, -0.1) is 11.3 Å². The maximum absolute atomic E-state index is 11.8. The zero-order valence-corrected chi connectivity index (χ0v) is 19.1. The van der Waals surface area contributed by atoms with Gasteiger partial charge in [0.05, 0.1) is 30.0 Å². The molecule has 0 amide bonds. The van der Waals surface area contributed by atoms with Crippen molar-refractivity contribution in [3.63, 3.8) is 0 Å². The van der Waals surface area contributed by atoms with E-state index in [4.69, 9.17) is 15.1 Å². The number of hydrogen-bond donors (Lipinski definition) is 2. The second-order valence-corrected chi connectivity index (χ2v) is 8.94. The first-order chi connectivity index (χ1) is 15.4. The number of aliphatic hydroxyl groups excluding tert-OH is 1. The van der Waals surface area contributed by atoms with Crippen LogP contribution in [0, 0.1) is 19.3 Å². The second-order valence-electron chi connectivity index (χ2n) is 7.73. The van der Waals surface area contributed by atoms with E-state index < -0.39 is 0 Å². The zero-order valence-electron chi connectivity index (χ0n) is 18.3. The van der Waals surface area contributed by atoms with Crippen LogP contribution in [0.15, 0.2) is 54.3 Å². The second kappa shape index (κ2) is 8.96. The van der Waals surface area contributed by atoms with Gasteiger partial charge in [0.25, 0.3) is 0 Å². The summed E-state index contributed by atoms with van der Waals surface area (Å²) in [6, 6.07) is 15.3. The lowest BCUT2D eigenvalue weighted by Gasteiger charge is -2.18. The predicted octanol–water partition coefficient (Wildman–Crippen LogP) is 5.37. The fourth-order valence-electron chi connectivity index (χ4n) is 3.66. The van der Waals surface area contributed by atoms with Gasteiger partial charge in [-0.2, -0.15) is 0 Å². The Labute approximate surface area is 191 Å². The summed E-state index contributed by atoms with van der Waals surface area (Å²) < 4.78 is 5.02. The molecule has 6 nitrogen and oxygen atoms in total. The molecule has 164 valence electrons. The molecule has 32 heavy (non-hydrogen) atoms. The summed E-state index contributed by atoms with van der Waals surface area (Å²) in [5, 5.41) is 20.0. The highest BCUT2D eigenvalue weighted by Gasteiger charge is 2.31. The number of benzene rings is 2. The van der Waals surface area contributed by atoms with Crippen LogP contribution in [-0.2, 0) is 11.3 Å². The van der Waals surface area contributed by atoms with Crippen molar-refractivity contribution >= 4 is 28.7 Å². The summed E-state index contributed by atoms with van der Waals surface area (Å²) in [6.45, 7) is 6.87. The molecule has 1 aliphatic heterocycles. The molecule has 0 aliphatic carbocycles. The molecule has 3 aromatic rings. The van der Waals surface area contributed by atoms with Crippen LogP contribution in [0.3, 0.4) is 0 Å². The van der Waals surface area contributed by atoms with Crippen molar-refractivity contribution in [1.29, 1.82) is 5.41 Å². The van der Waals surface area contributed by atoms with Crippen molar-refractivity contribution in [2.24, 2.45) is 0 Å². The highest BCUT2D eigenvalue weighted by Crippen LogP contribution is 2.35. The number of nitrogens with zero attached hydrogens (tertiary/aromatic N) is 2. The van der Waals surface area contributed by atoms with E-state index in [-0.39, 0.29) is 24.1 Å². The normalized spacial score (nSPS) is 13.7. The largest absolute Gasteiger partial charge is 0.510 e. The van der Waals surface area contributed by atoms with E-state index in [1.54, 1.807) is 24.0 Å². The average Bonchev–Trinajstić information content (AvgIpc) is 3.28. The van der Waals surface area contributed by atoms with Gasteiger partial charge in [0.1, 0.15) is 16.6 Å². The maximum atomic E-state index is 11.8. The molecule has 7 heteroatoms. The molecular formula is C25H25N3O3S.